The van der Waals surface area contributed by atoms with E-state index in [-0.39, 0.29) is 92.5 Å². The highest BCUT2D eigenvalue weighted by Gasteiger charge is 2.57. The summed E-state index contributed by atoms with van der Waals surface area (Å²) in [6.45, 7) is 20.7. The minimum Gasteiger partial charge on any atom is -0.477 e. The summed E-state index contributed by atoms with van der Waals surface area (Å²) < 4.78 is 98.6. The van der Waals surface area contributed by atoms with E-state index < -0.39 is 252 Å². The second-order valence-electron chi connectivity index (χ2n) is 34.8. The van der Waals surface area contributed by atoms with Gasteiger partial charge in [0.05, 0.1) is 82.9 Å². The minimum absolute atomic E-state index is 0.0101. The fourth-order valence-corrected chi connectivity index (χ4v) is 17.8. The van der Waals surface area contributed by atoms with Gasteiger partial charge in [0.2, 0.25) is 11.3 Å². The van der Waals surface area contributed by atoms with Gasteiger partial charge in [-0.25, -0.2) is 13.6 Å². The number of anilines is 2. The quantitative estimate of drug-likeness (QED) is 0.0420. The maximum Gasteiger partial charge on any atom is 0.341 e. The molecule has 688 valence electrons. The monoisotopic (exact) mass is 1720 g/mol. The molecule has 2 aromatic rings. The number of aliphatic hydroxyl groups excluding tert-OH is 11. The lowest BCUT2D eigenvalue weighted by Crippen LogP contribution is -2.69. The van der Waals surface area contributed by atoms with Crippen molar-refractivity contribution < 1.29 is 146 Å². The predicted octanol–water partition coefficient (Wildman–Crippen LogP) is -3.90. The summed E-state index contributed by atoms with van der Waals surface area (Å²) in [4.78, 5) is 68.4. The molecule has 8 fully saturated rings. The fraction of sp³-hybridized carbons (Fsp3) is 0.835. The molecule has 1 aromatic heterocycles. The zero-order chi connectivity index (χ0) is 89.9. The van der Waals surface area contributed by atoms with Gasteiger partial charge in [-0.15, -0.1) is 0 Å². The van der Waals surface area contributed by atoms with Crippen LogP contribution in [0.15, 0.2) is 11.0 Å². The SMILES string of the molecule is CC[C@H]1OC(=O)[C@H](C)[C@@H](O[C@H]2C[C@@](C)(OC)[C@@H](O)[C@H](C)O2)[C@H](C)[C@@H](O[C@@H]2O[C@H](C)C[C@H](N(C)C)[C@H]2O)[C@](C)(OC)C[C@@H](C)C(=O)[C@H](C)[C@@H](O)[C@]1(C)O.C[C@@H]1CN(c2c(F)c(N)c3c(=O)c(C(=O)O)cn(C4CC4)c3c2F)C[C@H](C)N1.NCC[C@H](O)C(=O)N[C@@H]1C[C@H](N)[C@@H](O[C@H]2O[C@H](CN)[C@@H](O)[C@H](O)[C@H]2O)[C@H](O)[C@H]1O[C@H]1O[C@H](CO)[C@@H](O)[C@H](N)[C@H]1O. The largest absolute Gasteiger partial charge is 0.477 e. The second-order valence-corrected chi connectivity index (χ2v) is 34.8. The van der Waals surface area contributed by atoms with Crippen molar-refractivity contribution >= 4 is 45.9 Å². The number of nitrogens with one attached hydrogen (secondary N) is 2. The number of aromatic nitrogens is 1. The van der Waals surface area contributed by atoms with Crippen molar-refractivity contribution in [3.8, 4) is 0 Å². The van der Waals surface area contributed by atoms with E-state index in [1.54, 1.807) is 53.4 Å². The summed E-state index contributed by atoms with van der Waals surface area (Å²) in [5.74, 6) is -8.65. The van der Waals surface area contributed by atoms with Crippen molar-refractivity contribution in [1.29, 1.82) is 0 Å². The number of piperazine rings is 1. The molecule has 0 unspecified atom stereocenters. The van der Waals surface area contributed by atoms with Crippen molar-refractivity contribution in [2.24, 2.45) is 46.6 Å². The molecular formula is C79H134F2N10O29. The summed E-state index contributed by atoms with van der Waals surface area (Å²) in [6.07, 6.45) is -25.9. The van der Waals surface area contributed by atoms with Gasteiger partial charge in [0.15, 0.2) is 36.8 Å². The number of benzene rings is 1. The number of halogens is 2. The summed E-state index contributed by atoms with van der Waals surface area (Å²) in [5, 5.41) is 143. The number of aliphatic hydroxyl groups is 12. The number of nitrogens with two attached hydrogens (primary N) is 5. The third kappa shape index (κ3) is 21.7. The van der Waals surface area contributed by atoms with Crippen LogP contribution in [0.2, 0.25) is 0 Å². The number of nitrogen functional groups attached to an aromatic ring is 1. The fourth-order valence-electron chi connectivity index (χ4n) is 17.8. The Morgan fingerprint density at radius 1 is 0.725 bits per heavy atom. The average Bonchev–Trinajstić information content (AvgIpc) is 1.31. The van der Waals surface area contributed by atoms with E-state index in [4.69, 9.17) is 80.8 Å². The van der Waals surface area contributed by atoms with Crippen molar-refractivity contribution in [1.82, 2.24) is 20.1 Å². The number of likely N-dealkylation sites (N-methyl/N-ethyl adjacent to an activating group) is 1. The van der Waals surface area contributed by atoms with Gasteiger partial charge in [0.25, 0.3) is 0 Å². The first-order valence-electron chi connectivity index (χ1n) is 41.2. The number of rotatable bonds is 21. The van der Waals surface area contributed by atoms with E-state index in [1.165, 1.54) is 25.7 Å². The molecule has 6 saturated heterocycles. The zero-order valence-electron chi connectivity index (χ0n) is 71.2. The van der Waals surface area contributed by atoms with Gasteiger partial charge >= 0.3 is 11.9 Å². The normalized spacial score (nSPS) is 42.2. The number of carbonyl (C=O) groups excluding carboxylic acids is 3. The van der Waals surface area contributed by atoms with Crippen LogP contribution in [-0.2, 0) is 66.5 Å². The number of pyridine rings is 1. The van der Waals surface area contributed by atoms with Crippen LogP contribution in [0.5, 0.6) is 0 Å². The van der Waals surface area contributed by atoms with Crippen LogP contribution >= 0.6 is 0 Å². The van der Waals surface area contributed by atoms with Crippen LogP contribution in [0.4, 0.5) is 20.2 Å². The first-order chi connectivity index (χ1) is 56.0. The highest BCUT2D eigenvalue weighted by atomic mass is 19.1. The van der Waals surface area contributed by atoms with Gasteiger partial charge in [0.1, 0.15) is 108 Å². The molecule has 120 heavy (non-hydrogen) atoms. The summed E-state index contributed by atoms with van der Waals surface area (Å²) in [7, 11) is 6.77. The molecule has 0 bridgehead atoms. The van der Waals surface area contributed by atoms with Crippen LogP contribution in [-0.4, -0.2) is 355 Å². The van der Waals surface area contributed by atoms with Crippen LogP contribution in [0.25, 0.3) is 10.9 Å². The molecule has 6 aliphatic heterocycles. The van der Waals surface area contributed by atoms with Crippen molar-refractivity contribution in [2.45, 2.75) is 335 Å². The predicted molar refractivity (Wildman–Crippen MR) is 425 cm³/mol. The van der Waals surface area contributed by atoms with Gasteiger partial charge in [-0.1, -0.05) is 27.7 Å². The number of carbonyl (C=O) groups is 4. The number of carboxylic acid groups (broad SMARTS) is 1. The molecule has 7 heterocycles. The molecule has 2 aliphatic carbocycles. The third-order valence-electron chi connectivity index (χ3n) is 25.2. The molecule has 1 aromatic carbocycles. The Morgan fingerprint density at radius 2 is 1.32 bits per heavy atom. The highest BCUT2D eigenvalue weighted by molar-refractivity contribution is 6.00. The average molecular weight is 1730 g/mol. The lowest BCUT2D eigenvalue weighted by molar-refractivity contribution is -0.332. The van der Waals surface area contributed by atoms with Crippen LogP contribution in [0.3, 0.4) is 0 Å². The number of hydrogen-bond acceptors (Lipinski definition) is 36. The number of ether oxygens (including phenoxy) is 11. The summed E-state index contributed by atoms with van der Waals surface area (Å²) in [6, 6.07) is -3.84. The summed E-state index contributed by atoms with van der Waals surface area (Å²) in [5.41, 5.74) is 22.4. The van der Waals surface area contributed by atoms with Crippen LogP contribution < -0.4 is 49.6 Å². The van der Waals surface area contributed by atoms with Gasteiger partial charge < -0.3 is 172 Å². The number of ketones is 1. The van der Waals surface area contributed by atoms with E-state index >= 15 is 8.78 Å². The number of amides is 1. The Kier molecular flexibility index (Phi) is 34.7. The number of cyclic esters (lactones) is 1. The molecule has 8 aliphatic rings. The van der Waals surface area contributed by atoms with E-state index in [0.717, 1.165) is 19.0 Å². The van der Waals surface area contributed by atoms with E-state index in [1.807, 2.05) is 46.7 Å². The number of fused-ring (bicyclic) bond motifs is 1. The number of aromatic carboxylic acids is 1. The highest BCUT2D eigenvalue weighted by Crippen LogP contribution is 2.45. The Morgan fingerprint density at radius 3 is 1.88 bits per heavy atom. The molecule has 1 amide bonds. The van der Waals surface area contributed by atoms with Gasteiger partial charge in [-0.3, -0.25) is 19.2 Å². The molecule has 2 saturated carbocycles. The number of Topliss-reactive ketones (excluding diaryl/α,β-unsaturated/α-hetero) is 1. The topological polar surface area (TPSA) is 615 Å². The zero-order valence-corrected chi connectivity index (χ0v) is 71.2. The molecule has 39 nitrogen and oxygen atoms in total. The van der Waals surface area contributed by atoms with Crippen molar-refractivity contribution in [3.63, 3.8) is 0 Å². The van der Waals surface area contributed by atoms with E-state index in [9.17, 15) is 90.4 Å². The number of carboxylic acids is 1. The first-order valence-corrected chi connectivity index (χ1v) is 41.2. The van der Waals surface area contributed by atoms with Crippen LogP contribution in [0, 0.1) is 35.3 Å². The first kappa shape index (κ1) is 100. The number of hydrogen-bond donors (Lipinski definition) is 20. The molecule has 0 radical (unpaired) electrons. The lowest BCUT2D eigenvalue weighted by Gasteiger charge is -2.50. The lowest BCUT2D eigenvalue weighted by atomic mass is 9.74. The number of esters is 1. The van der Waals surface area contributed by atoms with Gasteiger partial charge in [0, 0.05) is 94.4 Å². The number of methoxy groups -OCH3 is 2. The summed E-state index contributed by atoms with van der Waals surface area (Å²) >= 11 is 0. The van der Waals surface area contributed by atoms with Crippen molar-refractivity contribution in [2.75, 3.05) is 71.7 Å². The molecule has 41 heteroatoms. The van der Waals surface area contributed by atoms with Gasteiger partial charge in [-0.05, 0) is 121 Å². The Bertz CT molecular complexity index is 3800. The number of nitrogens with zero attached hydrogens (tertiary/aromatic N) is 3. The van der Waals surface area contributed by atoms with Crippen LogP contribution in [0.1, 0.15) is 151 Å². The molecular weight excluding hydrogens is 1590 g/mol. The Labute approximate surface area is 696 Å². The smallest absolute Gasteiger partial charge is 0.341 e. The maximum atomic E-state index is 15.6. The molecule has 10 rings (SSSR count). The Balaban J connectivity index is 0.000000234. The molecule has 25 N–H and O–H groups in total. The second kappa shape index (κ2) is 41.5. The standard InChI is InChI=1S/C38H69NO13.C22H43N5O13.C19H22F2N4O3/c1-15-26-38(10,45)31(42)21(4)28(40)19(2)17-37(9,47-14)33(52-35-29(41)25(39(11)12)16-20(3)48-35)22(5)30(23(6)34(44)50-26)51-27-18-36(8,46-13)32(43)24(7)49-27;23-2-1-8(29)20(36)27-7-3-6(25)18(39-22-16(34)15(33)13(31)9(4-24)37-22)17(35)19(7)40-21-14(32)11(26)12(30)10(5-28)38-21;1-8-5-24(6-9(2)23-8)17-13(20)15(22)12-16(14(17)21)25(10-3-4-10)7-11(18(12)26)19(27)28/h19-27,29-33,35,41-43,45H,15-18H2,1-14H3;6-19,21-22,28-35H,1-5,23-26H2,(H,27,36);7-10,23H,3-6,22H2,1-2H3,(H,27,28)/t19-,20-,21+,22+,23-,24+,25+,26-,27+,29-,30+,31-,32+,33-,35+,36-,37-,38-;6-,7+,8-,9+,10+,11-,12+,13+,14+,15-,16+,17-,18+,19-,21+,22+;8-,9+/m10./s1. The third-order valence-corrected chi connectivity index (χ3v) is 25.2. The minimum atomic E-state index is -1.96. The Hall–Kier alpha value is -5.15. The van der Waals surface area contributed by atoms with Gasteiger partial charge in [-0.2, -0.15) is 0 Å². The molecule has 0 spiro atoms. The van der Waals surface area contributed by atoms with Crippen molar-refractivity contribution in [3.05, 3.63) is 33.6 Å². The van der Waals surface area contributed by atoms with E-state index in [2.05, 4.69) is 10.6 Å². The molecule has 36 atom stereocenters. The van der Waals surface area contributed by atoms with E-state index in [0.29, 0.717) is 19.5 Å². The maximum absolute atomic E-state index is 15.6.